The van der Waals surface area contributed by atoms with E-state index < -0.39 is 18.0 Å². The van der Waals surface area contributed by atoms with E-state index in [0.29, 0.717) is 0 Å². The SMILES string of the molecule is CC1C(C)[NH+]([O-])CN1C(CCC(=O)[O-])C(=O)[O-]. The Morgan fingerprint density at radius 3 is 2.35 bits per heavy atom. The van der Waals surface area contributed by atoms with Crippen molar-refractivity contribution in [3.63, 3.8) is 0 Å². The molecule has 1 rings (SSSR count). The lowest BCUT2D eigenvalue weighted by Crippen LogP contribution is -3.09. The quantitative estimate of drug-likeness (QED) is 0.494. The summed E-state index contributed by atoms with van der Waals surface area (Å²) in [6, 6.07) is -1.50. The summed E-state index contributed by atoms with van der Waals surface area (Å²) in [5, 5.41) is 32.8. The van der Waals surface area contributed by atoms with Gasteiger partial charge in [-0.05, 0) is 26.7 Å². The van der Waals surface area contributed by atoms with Crippen molar-refractivity contribution >= 4 is 11.9 Å². The van der Waals surface area contributed by atoms with Crippen molar-refractivity contribution < 1.29 is 24.9 Å². The fourth-order valence-corrected chi connectivity index (χ4v) is 2.09. The average molecular weight is 244 g/mol. The molecule has 4 unspecified atom stereocenters. The zero-order chi connectivity index (χ0) is 13.2. The van der Waals surface area contributed by atoms with Gasteiger partial charge in [-0.1, -0.05) is 0 Å². The van der Waals surface area contributed by atoms with Crippen LogP contribution in [-0.2, 0) is 9.59 Å². The van der Waals surface area contributed by atoms with Gasteiger partial charge < -0.3 is 30.1 Å². The Morgan fingerprint density at radius 2 is 2.00 bits per heavy atom. The molecule has 0 aromatic carbocycles. The smallest absolute Gasteiger partial charge is 0.134 e. The maximum atomic E-state index is 11.5. The van der Waals surface area contributed by atoms with Gasteiger partial charge in [0.05, 0.1) is 18.1 Å². The molecule has 98 valence electrons. The number of hydrogen-bond acceptors (Lipinski definition) is 6. The molecular formula is C10H16N2O5-2. The van der Waals surface area contributed by atoms with Crippen LogP contribution in [0.5, 0.6) is 0 Å². The lowest BCUT2D eigenvalue weighted by atomic mass is 10.1. The largest absolute Gasteiger partial charge is 0.633 e. The number of carboxylic acid groups (broad SMARTS) is 2. The van der Waals surface area contributed by atoms with E-state index in [1.807, 2.05) is 0 Å². The molecule has 7 heteroatoms. The zero-order valence-corrected chi connectivity index (χ0v) is 9.84. The number of carbonyl (C=O) groups is 2. The topological polar surface area (TPSA) is 111 Å². The first-order valence-corrected chi connectivity index (χ1v) is 5.53. The normalized spacial score (nSPS) is 31.4. The molecule has 1 N–H and O–H groups in total. The molecule has 1 fully saturated rings. The first-order valence-electron chi connectivity index (χ1n) is 5.53. The van der Waals surface area contributed by atoms with Crippen LogP contribution in [0.25, 0.3) is 0 Å². The van der Waals surface area contributed by atoms with Gasteiger partial charge in [0, 0.05) is 5.97 Å². The number of hydroxylamine groups is 2. The molecule has 1 saturated heterocycles. The average Bonchev–Trinajstić information content (AvgIpc) is 2.46. The lowest BCUT2D eigenvalue weighted by Gasteiger charge is -2.30. The molecular weight excluding hydrogens is 228 g/mol. The minimum Gasteiger partial charge on any atom is -0.633 e. The van der Waals surface area contributed by atoms with Crippen LogP contribution in [0.15, 0.2) is 0 Å². The van der Waals surface area contributed by atoms with Gasteiger partial charge in [-0.25, -0.2) is 4.90 Å². The highest BCUT2D eigenvalue weighted by Crippen LogP contribution is 2.14. The second kappa shape index (κ2) is 5.44. The fraction of sp³-hybridized carbons (Fsp3) is 0.800. The molecule has 0 aliphatic carbocycles. The molecule has 0 amide bonds. The van der Waals surface area contributed by atoms with Crippen LogP contribution in [0, 0.1) is 5.21 Å². The van der Waals surface area contributed by atoms with E-state index in [9.17, 15) is 25.0 Å². The van der Waals surface area contributed by atoms with Crippen molar-refractivity contribution in [2.75, 3.05) is 6.67 Å². The van der Waals surface area contributed by atoms with Gasteiger partial charge in [-0.3, -0.25) is 0 Å². The summed E-state index contributed by atoms with van der Waals surface area (Å²) in [5.41, 5.74) is 0. The summed E-state index contributed by atoms with van der Waals surface area (Å²) in [6.07, 6.45) is -0.459. The lowest BCUT2D eigenvalue weighted by molar-refractivity contribution is -0.864. The standard InChI is InChI=1S/C10H18N2O5/c1-6-7(2)12(17)5-11(6)8(10(15)16)3-4-9(13)14/h6-8,12H,3-5H2,1-2H3,(H,13,14)(H,15,16)/p-2. The van der Waals surface area contributed by atoms with E-state index >= 15 is 0 Å². The second-order valence-corrected chi connectivity index (χ2v) is 4.41. The third-order valence-corrected chi connectivity index (χ3v) is 3.39. The molecule has 1 aliphatic heterocycles. The van der Waals surface area contributed by atoms with Crippen molar-refractivity contribution in [3.05, 3.63) is 5.21 Å². The van der Waals surface area contributed by atoms with Gasteiger partial charge in [-0.2, -0.15) is 0 Å². The summed E-state index contributed by atoms with van der Waals surface area (Å²) in [6.45, 7) is 3.52. The summed E-state index contributed by atoms with van der Waals surface area (Å²) in [4.78, 5) is 22.8. The Labute approximate surface area is 99.2 Å². The maximum Gasteiger partial charge on any atom is 0.134 e. The zero-order valence-electron chi connectivity index (χ0n) is 9.84. The third-order valence-electron chi connectivity index (χ3n) is 3.39. The Kier molecular flexibility index (Phi) is 4.44. The van der Waals surface area contributed by atoms with Crippen molar-refractivity contribution in [2.24, 2.45) is 0 Å². The van der Waals surface area contributed by atoms with E-state index in [1.54, 1.807) is 13.8 Å². The third kappa shape index (κ3) is 3.15. The van der Waals surface area contributed by atoms with Crippen LogP contribution in [0.2, 0.25) is 0 Å². The molecule has 0 saturated carbocycles. The number of rotatable bonds is 5. The van der Waals surface area contributed by atoms with Crippen molar-refractivity contribution in [1.29, 1.82) is 0 Å². The van der Waals surface area contributed by atoms with Crippen LogP contribution in [-0.4, -0.2) is 41.6 Å². The Bertz CT molecular complexity index is 309. The number of nitrogens with zero attached hydrogens (tertiary/aromatic N) is 1. The first kappa shape index (κ1) is 13.9. The Hall–Kier alpha value is -1.18. The Balaban J connectivity index is 2.71. The van der Waals surface area contributed by atoms with Crippen LogP contribution in [0.3, 0.4) is 0 Å². The highest BCUT2D eigenvalue weighted by atomic mass is 16.5. The first-order chi connectivity index (χ1) is 7.84. The highest BCUT2D eigenvalue weighted by Gasteiger charge is 2.38. The minimum atomic E-state index is -1.35. The van der Waals surface area contributed by atoms with Gasteiger partial charge in [0.25, 0.3) is 0 Å². The van der Waals surface area contributed by atoms with E-state index in [2.05, 4.69) is 0 Å². The monoisotopic (exact) mass is 244 g/mol. The van der Waals surface area contributed by atoms with Gasteiger partial charge >= 0.3 is 0 Å². The maximum absolute atomic E-state index is 11.5. The molecule has 0 bridgehead atoms. The number of carbonyl (C=O) groups excluding carboxylic acids is 2. The van der Waals surface area contributed by atoms with Gasteiger partial charge in [0.15, 0.2) is 0 Å². The summed E-state index contributed by atoms with van der Waals surface area (Å²) in [5.74, 6) is -2.65. The minimum absolute atomic E-state index is 0.0304. The van der Waals surface area contributed by atoms with Gasteiger partial charge in [-0.15, -0.1) is 0 Å². The van der Waals surface area contributed by atoms with Gasteiger partial charge in [0.2, 0.25) is 0 Å². The molecule has 0 radical (unpaired) electrons. The number of quaternary nitrogens is 1. The van der Waals surface area contributed by atoms with Gasteiger partial charge in [0.1, 0.15) is 12.7 Å². The predicted octanol–water partition coefficient (Wildman–Crippen LogP) is -3.93. The molecule has 4 atom stereocenters. The summed E-state index contributed by atoms with van der Waals surface area (Å²) >= 11 is 0. The van der Waals surface area contributed by atoms with Crippen molar-refractivity contribution in [1.82, 2.24) is 4.90 Å². The van der Waals surface area contributed by atoms with Crippen LogP contribution in [0.4, 0.5) is 0 Å². The van der Waals surface area contributed by atoms with E-state index in [0.717, 1.165) is 0 Å². The molecule has 17 heavy (non-hydrogen) atoms. The summed E-state index contributed by atoms with van der Waals surface area (Å²) < 4.78 is 0. The molecule has 1 heterocycles. The van der Waals surface area contributed by atoms with Crippen molar-refractivity contribution in [2.45, 2.75) is 44.8 Å². The number of carboxylic acids is 2. The predicted molar refractivity (Wildman–Crippen MR) is 53.0 cm³/mol. The number of aliphatic carboxylic acids is 2. The number of nitrogens with one attached hydrogen (secondary N) is 1. The fourth-order valence-electron chi connectivity index (χ4n) is 2.09. The molecule has 0 aromatic heterocycles. The second-order valence-electron chi connectivity index (χ2n) is 4.41. The van der Waals surface area contributed by atoms with E-state index in [-0.39, 0.29) is 36.7 Å². The van der Waals surface area contributed by atoms with E-state index in [1.165, 1.54) is 4.90 Å². The molecule has 1 aliphatic rings. The summed E-state index contributed by atoms with van der Waals surface area (Å²) in [7, 11) is 0. The van der Waals surface area contributed by atoms with Crippen LogP contribution < -0.4 is 15.3 Å². The number of hydrogen-bond donors (Lipinski definition) is 1. The highest BCUT2D eigenvalue weighted by molar-refractivity contribution is 5.72. The van der Waals surface area contributed by atoms with Crippen molar-refractivity contribution in [3.8, 4) is 0 Å². The molecule has 7 nitrogen and oxygen atoms in total. The van der Waals surface area contributed by atoms with Crippen LogP contribution in [0.1, 0.15) is 26.7 Å². The molecule has 0 spiro atoms. The Morgan fingerprint density at radius 1 is 1.41 bits per heavy atom. The van der Waals surface area contributed by atoms with Crippen LogP contribution >= 0.6 is 0 Å². The van der Waals surface area contributed by atoms with E-state index in [4.69, 9.17) is 0 Å². The molecule has 0 aromatic rings.